The molecule has 27 heavy (non-hydrogen) atoms. The van der Waals surface area contributed by atoms with Gasteiger partial charge in [0, 0.05) is 21.1 Å². The fraction of sp³-hybridized carbons (Fsp3) is 0.381. The lowest BCUT2D eigenvalue weighted by atomic mass is 9.91. The zero-order chi connectivity index (χ0) is 19.4. The molecule has 1 heterocycles. The molecule has 2 aromatic rings. The lowest BCUT2D eigenvalue weighted by Gasteiger charge is -2.38. The quantitative estimate of drug-likeness (QED) is 0.573. The van der Waals surface area contributed by atoms with Gasteiger partial charge in [-0.2, -0.15) is 0 Å². The first-order chi connectivity index (χ1) is 13.0. The summed E-state index contributed by atoms with van der Waals surface area (Å²) in [5, 5.41) is 9.53. The number of nitrogens with zero attached hydrogens (tertiary/aromatic N) is 1. The first-order valence-electron chi connectivity index (χ1n) is 9.14. The van der Waals surface area contributed by atoms with Gasteiger partial charge in [-0.25, -0.2) is 0 Å². The summed E-state index contributed by atoms with van der Waals surface area (Å²) in [6.45, 7) is 3.96. The van der Waals surface area contributed by atoms with E-state index in [0.717, 1.165) is 45.2 Å². The Balaban J connectivity index is 2.07. The van der Waals surface area contributed by atoms with Gasteiger partial charge in [0.25, 0.3) is 0 Å². The fourth-order valence-corrected chi connectivity index (χ4v) is 4.34. The van der Waals surface area contributed by atoms with Crippen molar-refractivity contribution in [1.29, 1.82) is 0 Å². The predicted octanol–water partition coefficient (Wildman–Crippen LogP) is 5.50. The summed E-state index contributed by atoms with van der Waals surface area (Å²) >= 11 is 7.09. The summed E-state index contributed by atoms with van der Waals surface area (Å²) in [6, 6.07) is 14.2. The summed E-state index contributed by atoms with van der Waals surface area (Å²) in [6.07, 6.45) is 1.61. The van der Waals surface area contributed by atoms with Gasteiger partial charge in [-0.3, -0.25) is 9.69 Å². The Labute approximate surface area is 176 Å². The Morgan fingerprint density at radius 2 is 1.93 bits per heavy atom. The minimum absolute atomic E-state index is 0.0562. The van der Waals surface area contributed by atoms with E-state index in [9.17, 15) is 9.90 Å². The maximum atomic E-state index is 11.6. The first kappa shape index (κ1) is 20.4. The van der Waals surface area contributed by atoms with Crippen molar-refractivity contribution in [2.45, 2.75) is 25.8 Å². The minimum atomic E-state index is -0.714. The topological polar surface area (TPSA) is 49.8 Å². The molecule has 1 N–H and O–H groups in total. The second-order valence-electron chi connectivity index (χ2n) is 6.74. The van der Waals surface area contributed by atoms with Crippen LogP contribution in [0.25, 0.3) is 0 Å². The lowest BCUT2D eigenvalue weighted by Crippen LogP contribution is -2.41. The molecular formula is C21H23Br2NO3. The highest BCUT2D eigenvalue weighted by Crippen LogP contribution is 2.39. The van der Waals surface area contributed by atoms with E-state index in [0.29, 0.717) is 13.2 Å². The van der Waals surface area contributed by atoms with Crippen LogP contribution in [0.15, 0.2) is 51.4 Å². The van der Waals surface area contributed by atoms with Gasteiger partial charge in [-0.15, -0.1) is 0 Å². The third-order valence-corrected chi connectivity index (χ3v) is 5.94. The Bertz CT molecular complexity index is 795. The van der Waals surface area contributed by atoms with E-state index in [-0.39, 0.29) is 12.0 Å². The van der Waals surface area contributed by atoms with Crippen LogP contribution < -0.4 is 4.74 Å². The summed E-state index contributed by atoms with van der Waals surface area (Å²) in [5.41, 5.74) is 2.18. The molecule has 6 heteroatoms. The third kappa shape index (κ3) is 4.92. The van der Waals surface area contributed by atoms with Gasteiger partial charge in [0.05, 0.1) is 18.6 Å². The number of rotatable bonds is 6. The zero-order valence-corrected chi connectivity index (χ0v) is 18.4. The highest BCUT2D eigenvalue weighted by Gasteiger charge is 2.32. The van der Waals surface area contributed by atoms with E-state index in [4.69, 9.17) is 4.74 Å². The van der Waals surface area contributed by atoms with Gasteiger partial charge in [0.1, 0.15) is 5.75 Å². The number of hydrogen-bond acceptors (Lipinski definition) is 3. The first-order valence-corrected chi connectivity index (χ1v) is 10.7. The van der Waals surface area contributed by atoms with Crippen molar-refractivity contribution in [2.75, 3.05) is 19.7 Å². The summed E-state index contributed by atoms with van der Waals surface area (Å²) in [7, 11) is 0. The highest BCUT2D eigenvalue weighted by atomic mass is 79.9. The van der Waals surface area contributed by atoms with Crippen LogP contribution in [0.4, 0.5) is 0 Å². The van der Waals surface area contributed by atoms with E-state index in [1.165, 1.54) is 0 Å². The predicted molar refractivity (Wildman–Crippen MR) is 113 cm³/mol. The van der Waals surface area contributed by atoms with Crippen LogP contribution in [0.3, 0.4) is 0 Å². The molecule has 0 spiro atoms. The molecule has 1 saturated heterocycles. The number of benzene rings is 2. The molecule has 0 amide bonds. The van der Waals surface area contributed by atoms with Crippen LogP contribution in [0.2, 0.25) is 0 Å². The van der Waals surface area contributed by atoms with Gasteiger partial charge in [0.2, 0.25) is 0 Å². The minimum Gasteiger partial charge on any atom is -0.494 e. The van der Waals surface area contributed by atoms with Crippen molar-refractivity contribution >= 4 is 37.8 Å². The lowest BCUT2D eigenvalue weighted by molar-refractivity contribution is -0.143. The molecule has 2 unspecified atom stereocenters. The molecule has 0 saturated carbocycles. The molecule has 0 radical (unpaired) electrons. The molecule has 4 nitrogen and oxygen atoms in total. The summed E-state index contributed by atoms with van der Waals surface area (Å²) < 4.78 is 7.91. The van der Waals surface area contributed by atoms with Gasteiger partial charge in [0.15, 0.2) is 0 Å². The number of halogens is 2. The SMILES string of the molecule is CCOc1ccc(Br)cc1C(c1ccc(Br)cc1)N1CCCC(C(=O)O)C1. The van der Waals surface area contributed by atoms with Gasteiger partial charge in [-0.1, -0.05) is 44.0 Å². The van der Waals surface area contributed by atoms with E-state index in [1.807, 2.05) is 31.2 Å². The van der Waals surface area contributed by atoms with Crippen LogP contribution in [0, 0.1) is 5.92 Å². The largest absolute Gasteiger partial charge is 0.494 e. The van der Waals surface area contributed by atoms with E-state index < -0.39 is 5.97 Å². The van der Waals surface area contributed by atoms with Gasteiger partial charge >= 0.3 is 5.97 Å². The molecule has 1 aliphatic heterocycles. The van der Waals surface area contributed by atoms with Gasteiger partial charge in [-0.05, 0) is 62.2 Å². The average Bonchev–Trinajstić information content (AvgIpc) is 2.66. The summed E-state index contributed by atoms with van der Waals surface area (Å²) in [5.74, 6) is -0.209. The normalized spacial score (nSPS) is 18.9. The molecule has 144 valence electrons. The molecule has 0 aliphatic carbocycles. The monoisotopic (exact) mass is 495 g/mol. The number of carbonyl (C=O) groups is 1. The Morgan fingerprint density at radius 1 is 1.22 bits per heavy atom. The molecule has 3 rings (SSSR count). The molecule has 0 aromatic heterocycles. The molecule has 1 aliphatic rings. The second kappa shape index (κ2) is 9.22. The van der Waals surface area contributed by atoms with Crippen LogP contribution >= 0.6 is 31.9 Å². The third-order valence-electron chi connectivity index (χ3n) is 4.92. The van der Waals surface area contributed by atoms with Crippen molar-refractivity contribution in [3.8, 4) is 5.75 Å². The highest BCUT2D eigenvalue weighted by molar-refractivity contribution is 9.10. The van der Waals surface area contributed by atoms with Crippen LogP contribution in [0.1, 0.15) is 36.9 Å². The standard InChI is InChI=1S/C21H23Br2NO3/c1-2-27-19-10-9-17(23)12-18(19)20(14-5-7-16(22)8-6-14)24-11-3-4-15(13-24)21(25)26/h5-10,12,15,20H,2-4,11,13H2,1H3,(H,25,26). The van der Waals surface area contributed by atoms with E-state index in [1.54, 1.807) is 0 Å². The average molecular weight is 497 g/mol. The second-order valence-corrected chi connectivity index (χ2v) is 8.57. The van der Waals surface area contributed by atoms with E-state index in [2.05, 4.69) is 55.0 Å². The Kier molecular flexibility index (Phi) is 6.95. The fourth-order valence-electron chi connectivity index (χ4n) is 3.69. The number of piperidine rings is 1. The molecule has 1 fully saturated rings. The van der Waals surface area contributed by atoms with Crippen molar-refractivity contribution in [3.63, 3.8) is 0 Å². The van der Waals surface area contributed by atoms with Crippen LogP contribution in [0.5, 0.6) is 5.75 Å². The van der Waals surface area contributed by atoms with Gasteiger partial charge < -0.3 is 9.84 Å². The molecule has 0 bridgehead atoms. The molecule has 2 aromatic carbocycles. The maximum Gasteiger partial charge on any atom is 0.307 e. The number of hydrogen-bond donors (Lipinski definition) is 1. The summed E-state index contributed by atoms with van der Waals surface area (Å²) in [4.78, 5) is 13.9. The van der Waals surface area contributed by atoms with Crippen molar-refractivity contribution in [1.82, 2.24) is 4.90 Å². The maximum absolute atomic E-state index is 11.6. The number of carboxylic acid groups (broad SMARTS) is 1. The molecule has 2 atom stereocenters. The Hall–Kier alpha value is -1.37. The smallest absolute Gasteiger partial charge is 0.307 e. The number of aliphatic carboxylic acids is 1. The van der Waals surface area contributed by atoms with Crippen molar-refractivity contribution in [2.24, 2.45) is 5.92 Å². The van der Waals surface area contributed by atoms with Crippen LogP contribution in [-0.4, -0.2) is 35.7 Å². The number of ether oxygens (including phenoxy) is 1. The van der Waals surface area contributed by atoms with Crippen molar-refractivity contribution in [3.05, 3.63) is 62.5 Å². The van der Waals surface area contributed by atoms with Crippen LogP contribution in [-0.2, 0) is 4.79 Å². The Morgan fingerprint density at radius 3 is 2.59 bits per heavy atom. The molecular weight excluding hydrogens is 474 g/mol. The number of carboxylic acids is 1. The number of likely N-dealkylation sites (tertiary alicyclic amines) is 1. The van der Waals surface area contributed by atoms with Crippen molar-refractivity contribution < 1.29 is 14.6 Å². The zero-order valence-electron chi connectivity index (χ0n) is 15.2. The van der Waals surface area contributed by atoms with E-state index >= 15 is 0 Å².